The lowest BCUT2D eigenvalue weighted by molar-refractivity contribution is 0.133. The second kappa shape index (κ2) is 4.79. The first kappa shape index (κ1) is 10.7. The van der Waals surface area contributed by atoms with Gasteiger partial charge in [0.2, 0.25) is 0 Å². The third-order valence-corrected chi connectivity index (χ3v) is 3.26. The second-order valence-corrected chi connectivity index (χ2v) is 4.46. The van der Waals surface area contributed by atoms with Crippen molar-refractivity contribution in [3.05, 3.63) is 17.5 Å². The van der Waals surface area contributed by atoms with Gasteiger partial charge in [-0.2, -0.15) is 0 Å². The Labute approximate surface area is 91.4 Å². The number of piperidine rings is 1. The van der Waals surface area contributed by atoms with E-state index in [9.17, 15) is 0 Å². The van der Waals surface area contributed by atoms with Gasteiger partial charge in [-0.05, 0) is 32.7 Å². The SMILES string of the molecule is CCC1CCCCN1Cc1cc(C)on1. The van der Waals surface area contributed by atoms with Gasteiger partial charge in [-0.25, -0.2) is 0 Å². The van der Waals surface area contributed by atoms with Gasteiger partial charge in [-0.3, -0.25) is 4.90 Å². The highest BCUT2D eigenvalue weighted by Crippen LogP contribution is 2.21. The number of aryl methyl sites for hydroxylation is 1. The van der Waals surface area contributed by atoms with Gasteiger partial charge >= 0.3 is 0 Å². The van der Waals surface area contributed by atoms with E-state index >= 15 is 0 Å². The quantitative estimate of drug-likeness (QED) is 0.765. The Kier molecular flexibility index (Phi) is 3.41. The molecule has 3 nitrogen and oxygen atoms in total. The van der Waals surface area contributed by atoms with Crippen LogP contribution in [-0.4, -0.2) is 22.6 Å². The van der Waals surface area contributed by atoms with E-state index in [4.69, 9.17) is 4.52 Å². The average molecular weight is 208 g/mol. The first-order valence-corrected chi connectivity index (χ1v) is 5.96. The van der Waals surface area contributed by atoms with E-state index in [1.807, 2.05) is 13.0 Å². The molecular weight excluding hydrogens is 188 g/mol. The number of aromatic nitrogens is 1. The van der Waals surface area contributed by atoms with Gasteiger partial charge in [-0.15, -0.1) is 0 Å². The monoisotopic (exact) mass is 208 g/mol. The van der Waals surface area contributed by atoms with Crippen molar-refractivity contribution >= 4 is 0 Å². The third-order valence-electron chi connectivity index (χ3n) is 3.26. The number of hydrogen-bond donors (Lipinski definition) is 0. The Morgan fingerprint density at radius 1 is 1.53 bits per heavy atom. The summed E-state index contributed by atoms with van der Waals surface area (Å²) in [5, 5.41) is 4.06. The van der Waals surface area contributed by atoms with Crippen LogP contribution in [0.25, 0.3) is 0 Å². The molecule has 2 rings (SSSR count). The summed E-state index contributed by atoms with van der Waals surface area (Å²) in [7, 11) is 0. The summed E-state index contributed by atoms with van der Waals surface area (Å²) >= 11 is 0. The molecule has 1 aliphatic heterocycles. The molecule has 1 unspecified atom stereocenters. The maximum Gasteiger partial charge on any atom is 0.133 e. The van der Waals surface area contributed by atoms with Gasteiger partial charge in [0, 0.05) is 18.7 Å². The topological polar surface area (TPSA) is 29.3 Å². The molecule has 0 saturated carbocycles. The van der Waals surface area contributed by atoms with Gasteiger partial charge in [0.1, 0.15) is 5.76 Å². The smallest absolute Gasteiger partial charge is 0.133 e. The van der Waals surface area contributed by atoms with Crippen molar-refractivity contribution in [2.45, 2.75) is 52.1 Å². The minimum atomic E-state index is 0.746. The van der Waals surface area contributed by atoms with Crippen molar-refractivity contribution < 1.29 is 4.52 Å². The maximum absolute atomic E-state index is 5.10. The lowest BCUT2D eigenvalue weighted by Gasteiger charge is -2.34. The fourth-order valence-corrected chi connectivity index (χ4v) is 2.43. The van der Waals surface area contributed by atoms with Crippen molar-refractivity contribution in [3.63, 3.8) is 0 Å². The zero-order valence-electron chi connectivity index (χ0n) is 9.70. The van der Waals surface area contributed by atoms with E-state index in [0.29, 0.717) is 0 Å². The van der Waals surface area contributed by atoms with Crippen molar-refractivity contribution in [3.8, 4) is 0 Å². The molecule has 1 atom stereocenters. The fourth-order valence-electron chi connectivity index (χ4n) is 2.43. The zero-order valence-corrected chi connectivity index (χ0v) is 9.70. The minimum absolute atomic E-state index is 0.746. The molecule has 0 bridgehead atoms. The van der Waals surface area contributed by atoms with E-state index in [2.05, 4.69) is 17.0 Å². The molecule has 0 spiro atoms. The highest BCUT2D eigenvalue weighted by Gasteiger charge is 2.21. The van der Waals surface area contributed by atoms with E-state index in [0.717, 1.165) is 24.0 Å². The van der Waals surface area contributed by atoms with E-state index in [1.54, 1.807) is 0 Å². The molecule has 0 N–H and O–H groups in total. The lowest BCUT2D eigenvalue weighted by Crippen LogP contribution is -2.38. The molecule has 0 amide bonds. The van der Waals surface area contributed by atoms with Crippen molar-refractivity contribution in [1.82, 2.24) is 10.1 Å². The summed E-state index contributed by atoms with van der Waals surface area (Å²) in [5.41, 5.74) is 1.08. The minimum Gasteiger partial charge on any atom is -0.361 e. The Morgan fingerprint density at radius 3 is 3.07 bits per heavy atom. The zero-order chi connectivity index (χ0) is 10.7. The van der Waals surface area contributed by atoms with Crippen LogP contribution < -0.4 is 0 Å². The summed E-state index contributed by atoms with van der Waals surface area (Å²) in [4.78, 5) is 2.54. The van der Waals surface area contributed by atoms with Crippen LogP contribution in [-0.2, 0) is 6.54 Å². The first-order valence-electron chi connectivity index (χ1n) is 5.96. The number of hydrogen-bond acceptors (Lipinski definition) is 3. The summed E-state index contributed by atoms with van der Waals surface area (Å²) in [5.74, 6) is 0.912. The normalized spacial score (nSPS) is 23.2. The average Bonchev–Trinajstić information content (AvgIpc) is 2.65. The van der Waals surface area contributed by atoms with E-state index in [1.165, 1.54) is 32.2 Å². The fraction of sp³-hybridized carbons (Fsp3) is 0.750. The standard InChI is InChI=1S/C12H20N2O/c1-3-12-6-4-5-7-14(12)9-11-8-10(2)15-13-11/h8,12H,3-7,9H2,1-2H3. The molecule has 0 aliphatic carbocycles. The Hall–Kier alpha value is -0.830. The van der Waals surface area contributed by atoms with Crippen molar-refractivity contribution in [1.29, 1.82) is 0 Å². The number of rotatable bonds is 3. The molecule has 0 radical (unpaired) electrons. The van der Waals surface area contributed by atoms with E-state index < -0.39 is 0 Å². The van der Waals surface area contributed by atoms with Gasteiger partial charge in [0.05, 0.1) is 5.69 Å². The van der Waals surface area contributed by atoms with Gasteiger partial charge in [0.25, 0.3) is 0 Å². The lowest BCUT2D eigenvalue weighted by atomic mass is 10.00. The largest absolute Gasteiger partial charge is 0.361 e. The molecule has 1 fully saturated rings. The van der Waals surface area contributed by atoms with Crippen LogP contribution in [0.4, 0.5) is 0 Å². The molecule has 1 aromatic heterocycles. The summed E-state index contributed by atoms with van der Waals surface area (Å²) in [6, 6.07) is 2.79. The first-order chi connectivity index (χ1) is 7.29. The van der Waals surface area contributed by atoms with Crippen molar-refractivity contribution in [2.75, 3.05) is 6.54 Å². The van der Waals surface area contributed by atoms with Crippen molar-refractivity contribution in [2.24, 2.45) is 0 Å². The Morgan fingerprint density at radius 2 is 2.40 bits per heavy atom. The highest BCUT2D eigenvalue weighted by molar-refractivity contribution is 5.03. The molecule has 1 saturated heterocycles. The predicted molar refractivity (Wildman–Crippen MR) is 59.6 cm³/mol. The molecule has 84 valence electrons. The Balaban J connectivity index is 1.97. The summed E-state index contributed by atoms with van der Waals surface area (Å²) in [6.07, 6.45) is 5.30. The second-order valence-electron chi connectivity index (χ2n) is 4.46. The number of likely N-dealkylation sites (tertiary alicyclic amines) is 1. The molecule has 0 aromatic carbocycles. The van der Waals surface area contributed by atoms with Gasteiger partial charge in [-0.1, -0.05) is 18.5 Å². The van der Waals surface area contributed by atoms with Crippen LogP contribution in [0.3, 0.4) is 0 Å². The molecule has 2 heterocycles. The predicted octanol–water partition coefficient (Wildman–Crippen LogP) is 2.75. The maximum atomic E-state index is 5.10. The van der Waals surface area contributed by atoms with Crippen LogP contribution >= 0.6 is 0 Å². The van der Waals surface area contributed by atoms with Crippen LogP contribution in [0.2, 0.25) is 0 Å². The van der Waals surface area contributed by atoms with E-state index in [-0.39, 0.29) is 0 Å². The summed E-state index contributed by atoms with van der Waals surface area (Å²) in [6.45, 7) is 6.39. The highest BCUT2D eigenvalue weighted by atomic mass is 16.5. The third kappa shape index (κ3) is 2.59. The molecule has 1 aliphatic rings. The molecule has 1 aromatic rings. The van der Waals surface area contributed by atoms with Crippen LogP contribution in [0, 0.1) is 6.92 Å². The van der Waals surface area contributed by atoms with Crippen LogP contribution in [0.5, 0.6) is 0 Å². The van der Waals surface area contributed by atoms with Gasteiger partial charge < -0.3 is 4.52 Å². The summed E-state index contributed by atoms with van der Waals surface area (Å²) < 4.78 is 5.10. The Bertz CT molecular complexity index is 308. The molecule has 3 heteroatoms. The van der Waals surface area contributed by atoms with Gasteiger partial charge in [0.15, 0.2) is 0 Å². The molecular formula is C12H20N2O. The van der Waals surface area contributed by atoms with Crippen LogP contribution in [0.15, 0.2) is 10.6 Å². The number of nitrogens with zero attached hydrogens (tertiary/aromatic N) is 2. The molecule has 15 heavy (non-hydrogen) atoms. The van der Waals surface area contributed by atoms with Crippen LogP contribution in [0.1, 0.15) is 44.1 Å².